The topological polar surface area (TPSA) is 41.1 Å². The molecular weight excluding hydrogens is 236 g/mol. The number of carbonyl (C=O) groups excluding carboxylic acids is 1. The molecule has 3 unspecified atom stereocenters. The highest BCUT2D eigenvalue weighted by Gasteiger charge is 2.39. The molecule has 3 atom stereocenters. The maximum atomic E-state index is 11.3. The van der Waals surface area contributed by atoms with E-state index in [1.54, 1.807) is 0 Å². The molecule has 0 radical (unpaired) electrons. The lowest BCUT2D eigenvalue weighted by molar-refractivity contribution is -0.115. The van der Waals surface area contributed by atoms with E-state index in [4.69, 9.17) is 0 Å². The molecule has 3 nitrogen and oxygen atoms in total. The number of fused-ring (bicyclic) bond motifs is 2. The van der Waals surface area contributed by atoms with E-state index in [2.05, 4.69) is 22.8 Å². The molecule has 102 valence electrons. The summed E-state index contributed by atoms with van der Waals surface area (Å²) in [4.78, 5) is 11.3. The second kappa shape index (κ2) is 5.24. The van der Waals surface area contributed by atoms with Crippen molar-refractivity contribution in [3.63, 3.8) is 0 Å². The van der Waals surface area contributed by atoms with Crippen molar-refractivity contribution in [2.24, 2.45) is 11.8 Å². The maximum Gasteiger partial charge on any atom is 0.224 e. The molecule has 2 N–H and O–H groups in total. The van der Waals surface area contributed by atoms with Crippen LogP contribution in [-0.4, -0.2) is 11.9 Å². The summed E-state index contributed by atoms with van der Waals surface area (Å²) in [6.07, 6.45) is 6.10. The molecule has 2 bridgehead atoms. The Morgan fingerprint density at radius 3 is 2.47 bits per heavy atom. The molecule has 2 saturated carbocycles. The molecule has 2 aliphatic rings. The molecule has 19 heavy (non-hydrogen) atoms. The summed E-state index contributed by atoms with van der Waals surface area (Å²) in [5, 5.41) is 6.53. The molecule has 0 aliphatic heterocycles. The minimum atomic E-state index is 0.0637. The highest BCUT2D eigenvalue weighted by atomic mass is 16.1. The van der Waals surface area contributed by atoms with Crippen LogP contribution in [-0.2, 0) is 4.79 Å². The normalized spacial score (nSPS) is 28.4. The number of nitrogens with one attached hydrogen (secondary N) is 2. The van der Waals surface area contributed by atoms with Crippen molar-refractivity contribution in [2.45, 2.75) is 45.1 Å². The van der Waals surface area contributed by atoms with Crippen molar-refractivity contribution in [3.8, 4) is 0 Å². The Hall–Kier alpha value is -1.51. The van der Waals surface area contributed by atoms with Gasteiger partial charge in [0.15, 0.2) is 0 Å². The summed E-state index contributed by atoms with van der Waals surface area (Å²) in [6, 6.07) is 8.75. The van der Waals surface area contributed by atoms with Gasteiger partial charge in [0.1, 0.15) is 0 Å². The molecule has 2 aliphatic carbocycles. The summed E-state index contributed by atoms with van der Waals surface area (Å²) in [5.41, 5.74) is 2.05. The number of carbonyl (C=O) groups is 1. The zero-order chi connectivity index (χ0) is 13.2. The average Bonchev–Trinajstić information content (AvgIpc) is 3.03. The fourth-order valence-corrected chi connectivity index (χ4v) is 3.53. The van der Waals surface area contributed by atoms with Gasteiger partial charge in [-0.25, -0.2) is 0 Å². The third-order valence-electron chi connectivity index (χ3n) is 4.58. The van der Waals surface area contributed by atoms with E-state index < -0.39 is 0 Å². The van der Waals surface area contributed by atoms with Crippen molar-refractivity contribution in [1.82, 2.24) is 0 Å². The molecule has 0 saturated heterocycles. The van der Waals surface area contributed by atoms with Crippen molar-refractivity contribution in [1.29, 1.82) is 0 Å². The molecule has 2 fully saturated rings. The molecule has 1 aromatic carbocycles. The maximum absolute atomic E-state index is 11.3. The quantitative estimate of drug-likeness (QED) is 0.865. The van der Waals surface area contributed by atoms with Crippen LogP contribution in [0.25, 0.3) is 0 Å². The van der Waals surface area contributed by atoms with Crippen LogP contribution in [0.5, 0.6) is 0 Å². The second-order valence-electron chi connectivity index (χ2n) is 5.90. The Labute approximate surface area is 114 Å². The van der Waals surface area contributed by atoms with E-state index in [0.717, 1.165) is 17.5 Å². The molecular formula is C16H22N2O. The summed E-state index contributed by atoms with van der Waals surface area (Å²) in [5.74, 6) is 1.91. The van der Waals surface area contributed by atoms with Crippen LogP contribution in [0.1, 0.15) is 39.0 Å². The Bertz CT molecular complexity index is 454. The lowest BCUT2D eigenvalue weighted by Crippen LogP contribution is -2.25. The zero-order valence-corrected chi connectivity index (χ0v) is 11.5. The molecule has 0 aromatic heterocycles. The Morgan fingerprint density at radius 1 is 1.16 bits per heavy atom. The predicted octanol–water partition coefficient (Wildman–Crippen LogP) is 3.64. The van der Waals surface area contributed by atoms with Gasteiger partial charge in [0.2, 0.25) is 5.91 Å². The number of hydrogen-bond acceptors (Lipinski definition) is 2. The van der Waals surface area contributed by atoms with Gasteiger partial charge in [-0.1, -0.05) is 13.3 Å². The first-order valence-electron chi connectivity index (χ1n) is 7.41. The predicted molar refractivity (Wildman–Crippen MR) is 78.2 cm³/mol. The van der Waals surface area contributed by atoms with Gasteiger partial charge >= 0.3 is 0 Å². The minimum absolute atomic E-state index is 0.0637. The van der Waals surface area contributed by atoms with E-state index in [1.165, 1.54) is 31.4 Å². The number of rotatable bonds is 4. The zero-order valence-electron chi connectivity index (χ0n) is 11.5. The molecule has 3 rings (SSSR count). The van der Waals surface area contributed by atoms with Crippen LogP contribution < -0.4 is 10.6 Å². The summed E-state index contributed by atoms with van der Waals surface area (Å²) < 4.78 is 0. The van der Waals surface area contributed by atoms with Gasteiger partial charge in [-0.2, -0.15) is 0 Å². The fraction of sp³-hybridized carbons (Fsp3) is 0.562. The van der Waals surface area contributed by atoms with Crippen LogP contribution in [0.2, 0.25) is 0 Å². The Kier molecular flexibility index (Phi) is 3.45. The SMILES string of the molecule is CCC(=O)Nc1ccc(NC2CC3CCC2C3)cc1. The van der Waals surface area contributed by atoms with Crippen LogP contribution in [0.15, 0.2) is 24.3 Å². The van der Waals surface area contributed by atoms with E-state index in [1.807, 2.05) is 19.1 Å². The summed E-state index contributed by atoms with van der Waals surface area (Å²) in [6.45, 7) is 1.86. The van der Waals surface area contributed by atoms with E-state index in [9.17, 15) is 4.79 Å². The first-order valence-corrected chi connectivity index (χ1v) is 7.41. The van der Waals surface area contributed by atoms with Crippen LogP contribution in [0.4, 0.5) is 11.4 Å². The van der Waals surface area contributed by atoms with Gasteiger partial charge in [-0.15, -0.1) is 0 Å². The number of anilines is 2. The average molecular weight is 258 g/mol. The van der Waals surface area contributed by atoms with E-state index in [0.29, 0.717) is 12.5 Å². The van der Waals surface area contributed by atoms with Crippen LogP contribution in [0.3, 0.4) is 0 Å². The number of benzene rings is 1. The van der Waals surface area contributed by atoms with Gasteiger partial charge in [-0.05, 0) is 55.4 Å². The van der Waals surface area contributed by atoms with E-state index in [-0.39, 0.29) is 5.91 Å². The fourth-order valence-electron chi connectivity index (χ4n) is 3.53. The first-order chi connectivity index (χ1) is 9.24. The molecule has 0 spiro atoms. The summed E-state index contributed by atoms with van der Waals surface area (Å²) >= 11 is 0. The third-order valence-corrected chi connectivity index (χ3v) is 4.58. The van der Waals surface area contributed by atoms with Gasteiger partial charge < -0.3 is 10.6 Å². The van der Waals surface area contributed by atoms with Gasteiger partial charge in [0, 0.05) is 23.8 Å². The van der Waals surface area contributed by atoms with E-state index >= 15 is 0 Å². The molecule has 1 amide bonds. The highest BCUT2D eigenvalue weighted by molar-refractivity contribution is 5.90. The summed E-state index contributed by atoms with van der Waals surface area (Å²) in [7, 11) is 0. The van der Waals surface area contributed by atoms with Crippen molar-refractivity contribution in [2.75, 3.05) is 10.6 Å². The monoisotopic (exact) mass is 258 g/mol. The standard InChI is InChI=1S/C16H22N2O/c1-2-16(19)18-14-7-5-13(6-8-14)17-15-10-11-3-4-12(15)9-11/h5-8,11-12,15,17H,2-4,9-10H2,1H3,(H,18,19). The lowest BCUT2D eigenvalue weighted by Gasteiger charge is -2.24. The third kappa shape index (κ3) is 2.75. The number of amides is 1. The van der Waals surface area contributed by atoms with Crippen LogP contribution in [0, 0.1) is 11.8 Å². The number of hydrogen-bond donors (Lipinski definition) is 2. The van der Waals surface area contributed by atoms with Gasteiger partial charge in [0.05, 0.1) is 0 Å². The Morgan fingerprint density at radius 2 is 1.89 bits per heavy atom. The first kappa shape index (κ1) is 12.5. The van der Waals surface area contributed by atoms with Crippen molar-refractivity contribution >= 4 is 17.3 Å². The van der Waals surface area contributed by atoms with Crippen LogP contribution >= 0.6 is 0 Å². The lowest BCUT2D eigenvalue weighted by atomic mass is 9.95. The molecule has 3 heteroatoms. The second-order valence-corrected chi connectivity index (χ2v) is 5.90. The highest BCUT2D eigenvalue weighted by Crippen LogP contribution is 2.45. The van der Waals surface area contributed by atoms with Crippen molar-refractivity contribution < 1.29 is 4.79 Å². The Balaban J connectivity index is 1.58. The van der Waals surface area contributed by atoms with Gasteiger partial charge in [0.25, 0.3) is 0 Å². The largest absolute Gasteiger partial charge is 0.382 e. The molecule has 1 aromatic rings. The van der Waals surface area contributed by atoms with Crippen molar-refractivity contribution in [3.05, 3.63) is 24.3 Å². The smallest absolute Gasteiger partial charge is 0.224 e. The van der Waals surface area contributed by atoms with Gasteiger partial charge in [-0.3, -0.25) is 4.79 Å². The minimum Gasteiger partial charge on any atom is -0.382 e. The molecule has 0 heterocycles.